The molecule has 0 radical (unpaired) electrons. The second kappa shape index (κ2) is 8.10. The Bertz CT molecular complexity index is 590. The van der Waals surface area contributed by atoms with E-state index in [-0.39, 0.29) is 24.3 Å². The first-order valence-corrected chi connectivity index (χ1v) is 9.25. The minimum atomic E-state index is -4.42. The third kappa shape index (κ3) is 4.29. The topological polar surface area (TPSA) is 42.8 Å². The number of halogens is 3. The average molecular weight is 372 g/mol. The van der Waals surface area contributed by atoms with Gasteiger partial charge in [-0.05, 0) is 24.6 Å². The highest BCUT2D eigenvalue weighted by molar-refractivity contribution is 5.49. The molecule has 0 spiro atoms. The van der Waals surface area contributed by atoms with Gasteiger partial charge in [0.05, 0.1) is 5.56 Å². The second-order valence-electron chi connectivity index (χ2n) is 7.21. The normalized spacial score (nSPS) is 25.8. The summed E-state index contributed by atoms with van der Waals surface area (Å²) in [5, 5.41) is 9.74. The lowest BCUT2D eigenvalue weighted by atomic mass is 9.96. The number of hydrogen-bond acceptors (Lipinski definition) is 5. The molecule has 0 aliphatic carbocycles. The molecule has 1 N–H and O–H groups in total. The lowest BCUT2D eigenvalue weighted by Crippen LogP contribution is -2.48. The van der Waals surface area contributed by atoms with Crippen LogP contribution in [0.4, 0.5) is 19.0 Å². The van der Waals surface area contributed by atoms with E-state index in [1.165, 1.54) is 12.3 Å². The average Bonchev–Trinajstić information content (AvgIpc) is 3.04. The molecule has 2 aliphatic rings. The third-order valence-corrected chi connectivity index (χ3v) is 5.61. The third-order valence-electron chi connectivity index (χ3n) is 5.61. The quantitative estimate of drug-likeness (QED) is 0.854. The standard InChI is InChI=1S/C18H27F3N4O/c1-2-23-6-8-24(9-7-23)10-14-11-25(12-15(14)13-26)17-16(18(19,20)21)4-3-5-22-17/h3-5,14-15,26H,2,6-13H2,1H3/t14-,15-/m1/s1. The summed E-state index contributed by atoms with van der Waals surface area (Å²) in [5.74, 6) is 0.107. The molecule has 2 atom stereocenters. The van der Waals surface area contributed by atoms with Gasteiger partial charge in [0.1, 0.15) is 5.82 Å². The van der Waals surface area contributed by atoms with Crippen molar-refractivity contribution in [3.05, 3.63) is 23.9 Å². The van der Waals surface area contributed by atoms with Crippen molar-refractivity contribution >= 4 is 5.82 Å². The molecule has 1 aromatic heterocycles. The molecule has 3 rings (SSSR count). The van der Waals surface area contributed by atoms with E-state index < -0.39 is 11.7 Å². The molecule has 26 heavy (non-hydrogen) atoms. The number of anilines is 1. The minimum Gasteiger partial charge on any atom is -0.396 e. The number of likely N-dealkylation sites (N-methyl/N-ethyl adjacent to an activating group) is 1. The van der Waals surface area contributed by atoms with Crippen LogP contribution in [0.25, 0.3) is 0 Å². The SMILES string of the molecule is CCN1CCN(C[C@@H]2CN(c3ncccc3C(F)(F)F)C[C@@H]2CO)CC1. The maximum atomic E-state index is 13.3. The summed E-state index contributed by atoms with van der Waals surface area (Å²) in [4.78, 5) is 10.5. The van der Waals surface area contributed by atoms with Gasteiger partial charge in [0.2, 0.25) is 0 Å². The fourth-order valence-electron chi connectivity index (χ4n) is 4.02. The molecule has 1 aromatic rings. The van der Waals surface area contributed by atoms with Crippen molar-refractivity contribution in [2.24, 2.45) is 11.8 Å². The Hall–Kier alpha value is -1.38. The molecule has 5 nitrogen and oxygen atoms in total. The van der Waals surface area contributed by atoms with E-state index in [0.717, 1.165) is 45.3 Å². The Labute approximate surface area is 152 Å². The maximum absolute atomic E-state index is 13.3. The highest BCUT2D eigenvalue weighted by Crippen LogP contribution is 2.38. The van der Waals surface area contributed by atoms with Crippen molar-refractivity contribution < 1.29 is 18.3 Å². The predicted molar refractivity (Wildman–Crippen MR) is 94.1 cm³/mol. The molecule has 0 aromatic carbocycles. The van der Waals surface area contributed by atoms with Gasteiger partial charge in [-0.1, -0.05) is 6.92 Å². The van der Waals surface area contributed by atoms with Crippen molar-refractivity contribution in [2.45, 2.75) is 13.1 Å². The van der Waals surface area contributed by atoms with E-state index >= 15 is 0 Å². The number of hydrogen-bond donors (Lipinski definition) is 1. The summed E-state index contributed by atoms with van der Waals surface area (Å²) < 4.78 is 39.9. The van der Waals surface area contributed by atoms with Crippen molar-refractivity contribution in [3.63, 3.8) is 0 Å². The highest BCUT2D eigenvalue weighted by Gasteiger charge is 2.40. The molecule has 2 fully saturated rings. The van der Waals surface area contributed by atoms with Crippen LogP contribution >= 0.6 is 0 Å². The Balaban J connectivity index is 1.68. The lowest BCUT2D eigenvalue weighted by molar-refractivity contribution is -0.137. The first kappa shape index (κ1) is 19.4. The first-order valence-electron chi connectivity index (χ1n) is 9.25. The molecule has 3 heterocycles. The van der Waals surface area contributed by atoms with Gasteiger partial charge < -0.3 is 19.8 Å². The van der Waals surface area contributed by atoms with Crippen molar-refractivity contribution in [1.82, 2.24) is 14.8 Å². The molecule has 2 saturated heterocycles. The van der Waals surface area contributed by atoms with E-state index in [0.29, 0.717) is 13.1 Å². The minimum absolute atomic E-state index is 0.00965. The van der Waals surface area contributed by atoms with Gasteiger partial charge in [-0.3, -0.25) is 0 Å². The van der Waals surface area contributed by atoms with Crippen LogP contribution in [0.1, 0.15) is 12.5 Å². The van der Waals surface area contributed by atoms with Crippen LogP contribution in [-0.4, -0.2) is 78.9 Å². The van der Waals surface area contributed by atoms with E-state index in [1.807, 2.05) is 0 Å². The number of aliphatic hydroxyl groups is 1. The summed E-state index contributed by atoms with van der Waals surface area (Å²) in [6, 6.07) is 2.39. The Kier molecular flexibility index (Phi) is 6.04. The maximum Gasteiger partial charge on any atom is 0.419 e. The Morgan fingerprint density at radius 1 is 1.12 bits per heavy atom. The molecule has 0 bridgehead atoms. The van der Waals surface area contributed by atoms with Gasteiger partial charge in [-0.15, -0.1) is 0 Å². The first-order chi connectivity index (χ1) is 12.4. The zero-order valence-corrected chi connectivity index (χ0v) is 15.1. The van der Waals surface area contributed by atoms with Crippen LogP contribution in [0.15, 0.2) is 18.3 Å². The molecular weight excluding hydrogens is 345 g/mol. The van der Waals surface area contributed by atoms with E-state index in [1.54, 1.807) is 4.90 Å². The van der Waals surface area contributed by atoms with Gasteiger partial charge in [-0.2, -0.15) is 13.2 Å². The Morgan fingerprint density at radius 3 is 2.38 bits per heavy atom. The number of alkyl halides is 3. The number of aromatic nitrogens is 1. The molecule has 2 aliphatic heterocycles. The molecular formula is C18H27F3N4O. The summed E-state index contributed by atoms with van der Waals surface area (Å²) in [6.45, 7) is 8.90. The fraction of sp³-hybridized carbons (Fsp3) is 0.722. The van der Waals surface area contributed by atoms with Crippen molar-refractivity contribution in [2.75, 3.05) is 63.9 Å². The summed E-state index contributed by atoms with van der Waals surface area (Å²) in [7, 11) is 0. The highest BCUT2D eigenvalue weighted by atomic mass is 19.4. The lowest BCUT2D eigenvalue weighted by Gasteiger charge is -2.36. The summed E-state index contributed by atoms with van der Waals surface area (Å²) in [5.41, 5.74) is -0.700. The van der Waals surface area contributed by atoms with Crippen LogP contribution in [0.2, 0.25) is 0 Å². The summed E-state index contributed by atoms with van der Waals surface area (Å²) in [6.07, 6.45) is -3.03. The zero-order chi connectivity index (χ0) is 18.7. The van der Waals surface area contributed by atoms with Crippen molar-refractivity contribution in [1.29, 1.82) is 0 Å². The van der Waals surface area contributed by atoms with Crippen LogP contribution in [0.5, 0.6) is 0 Å². The van der Waals surface area contributed by atoms with Gasteiger partial charge in [0, 0.05) is 64.5 Å². The van der Waals surface area contributed by atoms with Gasteiger partial charge in [0.25, 0.3) is 0 Å². The van der Waals surface area contributed by atoms with Crippen LogP contribution in [0.3, 0.4) is 0 Å². The number of nitrogens with zero attached hydrogens (tertiary/aromatic N) is 4. The zero-order valence-electron chi connectivity index (χ0n) is 15.1. The largest absolute Gasteiger partial charge is 0.419 e. The van der Waals surface area contributed by atoms with Gasteiger partial charge >= 0.3 is 6.18 Å². The molecule has 146 valence electrons. The Morgan fingerprint density at radius 2 is 1.77 bits per heavy atom. The number of aliphatic hydroxyl groups excluding tert-OH is 1. The number of pyridine rings is 1. The monoisotopic (exact) mass is 372 g/mol. The van der Waals surface area contributed by atoms with Crippen LogP contribution < -0.4 is 4.90 Å². The van der Waals surface area contributed by atoms with E-state index in [9.17, 15) is 18.3 Å². The van der Waals surface area contributed by atoms with E-state index in [4.69, 9.17) is 0 Å². The van der Waals surface area contributed by atoms with Crippen molar-refractivity contribution in [3.8, 4) is 0 Å². The van der Waals surface area contributed by atoms with Crippen LogP contribution in [0, 0.1) is 11.8 Å². The predicted octanol–water partition coefficient (Wildman–Crippen LogP) is 1.78. The molecule has 0 amide bonds. The smallest absolute Gasteiger partial charge is 0.396 e. The number of rotatable bonds is 5. The second-order valence-corrected chi connectivity index (χ2v) is 7.21. The van der Waals surface area contributed by atoms with Crippen LogP contribution in [-0.2, 0) is 6.18 Å². The van der Waals surface area contributed by atoms with E-state index in [2.05, 4.69) is 21.7 Å². The van der Waals surface area contributed by atoms with Gasteiger partial charge in [0.15, 0.2) is 0 Å². The number of piperazine rings is 1. The molecule has 0 saturated carbocycles. The fourth-order valence-corrected chi connectivity index (χ4v) is 4.02. The molecule has 8 heteroatoms. The van der Waals surface area contributed by atoms with Gasteiger partial charge in [-0.25, -0.2) is 4.98 Å². The molecule has 0 unspecified atom stereocenters. The summed E-state index contributed by atoms with van der Waals surface area (Å²) >= 11 is 0.